The lowest BCUT2D eigenvalue weighted by atomic mass is 9.87. The van der Waals surface area contributed by atoms with E-state index in [-0.39, 0.29) is 16.2 Å². The Hall–Kier alpha value is -2.83. The lowest BCUT2D eigenvalue weighted by Crippen LogP contribution is -2.50. The Morgan fingerprint density at radius 1 is 1.14 bits per heavy atom. The van der Waals surface area contributed by atoms with Crippen LogP contribution in [0.15, 0.2) is 57.7 Å². The number of hydrogen-bond donors (Lipinski definition) is 1. The second-order valence-electron chi connectivity index (χ2n) is 7.11. The van der Waals surface area contributed by atoms with Gasteiger partial charge in [-0.1, -0.05) is 23.7 Å². The van der Waals surface area contributed by atoms with Gasteiger partial charge in [-0.2, -0.15) is 0 Å². The molecule has 6 nitrogen and oxygen atoms in total. The van der Waals surface area contributed by atoms with Crippen LogP contribution in [0.3, 0.4) is 0 Å². The van der Waals surface area contributed by atoms with Crippen molar-refractivity contribution in [3.63, 3.8) is 0 Å². The maximum atomic E-state index is 12.8. The van der Waals surface area contributed by atoms with Gasteiger partial charge < -0.3 is 19.0 Å². The predicted molar refractivity (Wildman–Crippen MR) is 103 cm³/mol. The zero-order chi connectivity index (χ0) is 20.1. The second kappa shape index (κ2) is 6.65. The molecule has 144 valence electrons. The van der Waals surface area contributed by atoms with Crippen molar-refractivity contribution in [2.45, 2.75) is 31.7 Å². The third-order valence-electron chi connectivity index (χ3n) is 4.77. The molecule has 3 aromatic rings. The molecule has 28 heavy (non-hydrogen) atoms. The van der Waals surface area contributed by atoms with Crippen LogP contribution in [0.2, 0.25) is 5.02 Å². The predicted octanol–water partition coefficient (Wildman–Crippen LogP) is 3.88. The molecule has 1 aliphatic rings. The largest absolute Gasteiger partial charge is 0.484 e. The van der Waals surface area contributed by atoms with Gasteiger partial charge in [-0.05, 0) is 44.2 Å². The summed E-state index contributed by atoms with van der Waals surface area (Å²) in [5.74, 6) is -0.331. The first-order valence-corrected chi connectivity index (χ1v) is 9.05. The number of hydrogen-bond acceptors (Lipinski definition) is 6. The topological polar surface area (TPSA) is 86.0 Å². The minimum atomic E-state index is -1.21. The van der Waals surface area contributed by atoms with Crippen molar-refractivity contribution in [2.24, 2.45) is 0 Å². The van der Waals surface area contributed by atoms with Crippen molar-refractivity contribution in [1.29, 1.82) is 0 Å². The first-order valence-electron chi connectivity index (χ1n) is 8.67. The van der Waals surface area contributed by atoms with Gasteiger partial charge >= 0.3 is 11.6 Å². The van der Waals surface area contributed by atoms with E-state index < -0.39 is 29.4 Å². The number of carbonyl (C=O) groups excluding carboxylic acids is 1. The molecule has 1 aromatic heterocycles. The molecule has 2 aromatic carbocycles. The van der Waals surface area contributed by atoms with Gasteiger partial charge in [0, 0.05) is 11.5 Å². The highest BCUT2D eigenvalue weighted by atomic mass is 35.5. The average Bonchev–Trinajstić information content (AvgIpc) is 2.65. The summed E-state index contributed by atoms with van der Waals surface area (Å²) in [6.45, 7) is 3.37. The summed E-state index contributed by atoms with van der Waals surface area (Å²) in [5.41, 5.74) is -0.916. The molecule has 0 spiro atoms. The van der Waals surface area contributed by atoms with E-state index in [1.54, 1.807) is 50.2 Å². The SMILES string of the molecule is CC1(C)Oc2ccc3ccc(=O)oc3c2C(OC(=O)c2ccccc2Cl)C1O. The van der Waals surface area contributed by atoms with Crippen molar-refractivity contribution in [3.8, 4) is 5.75 Å². The highest BCUT2D eigenvalue weighted by Crippen LogP contribution is 2.45. The molecule has 1 aliphatic heterocycles. The standard InChI is InChI=1S/C21H17ClO6/c1-21(2)19(24)18(27-20(25)12-5-3-4-6-13(12)22)16-14(28-21)9-7-11-8-10-15(23)26-17(11)16/h3-10,18-19,24H,1-2H3. The number of ether oxygens (including phenoxy) is 2. The minimum absolute atomic E-state index is 0.170. The summed E-state index contributed by atoms with van der Waals surface area (Å²) >= 11 is 6.10. The molecule has 0 saturated heterocycles. The van der Waals surface area contributed by atoms with Gasteiger partial charge in [-0.25, -0.2) is 9.59 Å². The third kappa shape index (κ3) is 3.04. The number of benzene rings is 2. The number of aliphatic hydroxyl groups is 1. The van der Waals surface area contributed by atoms with E-state index in [1.807, 2.05) is 0 Å². The van der Waals surface area contributed by atoms with Crippen LogP contribution in [0.1, 0.15) is 35.9 Å². The van der Waals surface area contributed by atoms with Gasteiger partial charge in [0.1, 0.15) is 23.0 Å². The quantitative estimate of drug-likeness (QED) is 0.519. The minimum Gasteiger partial charge on any atom is -0.484 e. The molecular weight excluding hydrogens is 384 g/mol. The van der Waals surface area contributed by atoms with Crippen LogP contribution in [0, 0.1) is 0 Å². The Labute approximate surface area is 165 Å². The summed E-state index contributed by atoms with van der Waals surface area (Å²) in [6.07, 6.45) is -2.32. The van der Waals surface area contributed by atoms with E-state index in [1.165, 1.54) is 12.1 Å². The molecule has 1 N–H and O–H groups in total. The van der Waals surface area contributed by atoms with Crippen LogP contribution < -0.4 is 10.4 Å². The molecule has 0 amide bonds. The monoisotopic (exact) mass is 400 g/mol. The number of esters is 1. The van der Waals surface area contributed by atoms with Crippen LogP contribution in [0.4, 0.5) is 0 Å². The number of fused-ring (bicyclic) bond motifs is 3. The van der Waals surface area contributed by atoms with Crippen molar-refractivity contribution in [3.05, 3.63) is 75.1 Å². The van der Waals surface area contributed by atoms with E-state index in [0.29, 0.717) is 16.7 Å². The van der Waals surface area contributed by atoms with E-state index in [4.69, 9.17) is 25.5 Å². The highest BCUT2D eigenvalue weighted by molar-refractivity contribution is 6.33. The average molecular weight is 401 g/mol. The molecule has 7 heteroatoms. The molecule has 0 fully saturated rings. The summed E-state index contributed by atoms with van der Waals surface area (Å²) < 4.78 is 16.9. The summed E-state index contributed by atoms with van der Waals surface area (Å²) in [5, 5.41) is 11.7. The first-order chi connectivity index (χ1) is 13.3. The van der Waals surface area contributed by atoms with Crippen LogP contribution >= 0.6 is 11.6 Å². The molecule has 2 unspecified atom stereocenters. The molecule has 0 radical (unpaired) electrons. The Morgan fingerprint density at radius 2 is 1.86 bits per heavy atom. The van der Waals surface area contributed by atoms with E-state index >= 15 is 0 Å². The van der Waals surface area contributed by atoms with Gasteiger partial charge in [-0.15, -0.1) is 0 Å². The fraction of sp³-hybridized carbons (Fsp3) is 0.238. The van der Waals surface area contributed by atoms with Gasteiger partial charge in [0.2, 0.25) is 0 Å². The van der Waals surface area contributed by atoms with Crippen LogP contribution in [0.5, 0.6) is 5.75 Å². The highest BCUT2D eigenvalue weighted by Gasteiger charge is 2.46. The Bertz CT molecular complexity index is 1130. The van der Waals surface area contributed by atoms with Gasteiger partial charge in [-0.3, -0.25) is 0 Å². The van der Waals surface area contributed by atoms with Crippen LogP contribution in [-0.4, -0.2) is 22.8 Å². The zero-order valence-corrected chi connectivity index (χ0v) is 15.9. The van der Waals surface area contributed by atoms with Gasteiger partial charge in [0.05, 0.1) is 16.1 Å². The lowest BCUT2D eigenvalue weighted by molar-refractivity contribution is -0.116. The smallest absolute Gasteiger partial charge is 0.340 e. The summed E-state index contributed by atoms with van der Waals surface area (Å²) in [6, 6.07) is 12.8. The van der Waals surface area contributed by atoms with Crippen molar-refractivity contribution in [1.82, 2.24) is 0 Å². The Morgan fingerprint density at radius 3 is 2.61 bits per heavy atom. The van der Waals surface area contributed by atoms with E-state index in [2.05, 4.69) is 0 Å². The molecule has 2 heterocycles. The Kier molecular flexibility index (Phi) is 4.40. The lowest BCUT2D eigenvalue weighted by Gasteiger charge is -2.41. The molecule has 2 atom stereocenters. The van der Waals surface area contributed by atoms with E-state index in [9.17, 15) is 14.7 Å². The second-order valence-corrected chi connectivity index (χ2v) is 7.51. The van der Waals surface area contributed by atoms with Crippen molar-refractivity contribution in [2.75, 3.05) is 0 Å². The molecule has 0 aliphatic carbocycles. The van der Waals surface area contributed by atoms with Crippen molar-refractivity contribution >= 4 is 28.5 Å². The maximum absolute atomic E-state index is 12.8. The van der Waals surface area contributed by atoms with Gasteiger partial charge in [0.25, 0.3) is 0 Å². The molecule has 0 saturated carbocycles. The number of aliphatic hydroxyl groups excluding tert-OH is 1. The molecule has 0 bridgehead atoms. The van der Waals surface area contributed by atoms with E-state index in [0.717, 1.165) is 0 Å². The number of carbonyl (C=O) groups is 1. The maximum Gasteiger partial charge on any atom is 0.340 e. The fourth-order valence-electron chi connectivity index (χ4n) is 3.29. The third-order valence-corrected chi connectivity index (χ3v) is 5.10. The normalized spacial score (nSPS) is 20.3. The van der Waals surface area contributed by atoms with Gasteiger partial charge in [0.15, 0.2) is 6.10 Å². The van der Waals surface area contributed by atoms with Crippen LogP contribution in [0.25, 0.3) is 11.0 Å². The fourth-order valence-corrected chi connectivity index (χ4v) is 3.50. The van der Waals surface area contributed by atoms with Crippen molar-refractivity contribution < 1.29 is 23.8 Å². The van der Waals surface area contributed by atoms with Crippen LogP contribution in [-0.2, 0) is 4.74 Å². The Balaban J connectivity index is 1.87. The summed E-state index contributed by atoms with van der Waals surface area (Å²) in [4.78, 5) is 24.5. The zero-order valence-electron chi connectivity index (χ0n) is 15.1. The molecule has 4 rings (SSSR count). The number of halogens is 1. The molecular formula is C21H17ClO6. The first kappa shape index (κ1) is 18.5. The summed E-state index contributed by atoms with van der Waals surface area (Å²) in [7, 11) is 0. The number of rotatable bonds is 2.